The number of carboxylic acid groups (broad SMARTS) is 1. The van der Waals surface area contributed by atoms with Crippen LogP contribution in [-0.4, -0.2) is 32.9 Å². The molecule has 1 aliphatic rings. The lowest BCUT2D eigenvalue weighted by Crippen LogP contribution is -2.39. The maximum atomic E-state index is 11.5. The molecular weight excluding hydrogens is 228 g/mol. The SMILES string of the molecule is CC(=O)N(C1CC1)C(C(=O)O)c1nccs1. The summed E-state index contributed by atoms with van der Waals surface area (Å²) in [5, 5.41) is 11.4. The Morgan fingerprint density at radius 2 is 2.31 bits per heavy atom. The molecule has 0 bridgehead atoms. The zero-order chi connectivity index (χ0) is 11.7. The van der Waals surface area contributed by atoms with E-state index in [-0.39, 0.29) is 11.9 Å². The van der Waals surface area contributed by atoms with Gasteiger partial charge >= 0.3 is 5.97 Å². The number of thiazole rings is 1. The second-order valence-electron chi connectivity index (χ2n) is 3.77. The van der Waals surface area contributed by atoms with Gasteiger partial charge in [-0.25, -0.2) is 9.78 Å². The summed E-state index contributed by atoms with van der Waals surface area (Å²) in [7, 11) is 0. The molecule has 1 fully saturated rings. The Morgan fingerprint density at radius 3 is 2.69 bits per heavy atom. The highest BCUT2D eigenvalue weighted by molar-refractivity contribution is 7.09. The van der Waals surface area contributed by atoms with Crippen LogP contribution in [0.3, 0.4) is 0 Å². The van der Waals surface area contributed by atoms with Crippen LogP contribution in [-0.2, 0) is 9.59 Å². The van der Waals surface area contributed by atoms with Gasteiger partial charge in [0.15, 0.2) is 6.04 Å². The number of aromatic nitrogens is 1. The van der Waals surface area contributed by atoms with E-state index in [4.69, 9.17) is 0 Å². The van der Waals surface area contributed by atoms with Crippen LogP contribution in [0.15, 0.2) is 11.6 Å². The normalized spacial score (nSPS) is 16.8. The van der Waals surface area contributed by atoms with Crippen LogP contribution < -0.4 is 0 Å². The number of nitrogens with zero attached hydrogens (tertiary/aromatic N) is 2. The highest BCUT2D eigenvalue weighted by atomic mass is 32.1. The molecule has 0 radical (unpaired) electrons. The van der Waals surface area contributed by atoms with E-state index >= 15 is 0 Å². The van der Waals surface area contributed by atoms with Crippen molar-refractivity contribution in [3.05, 3.63) is 16.6 Å². The van der Waals surface area contributed by atoms with Crippen molar-refractivity contribution in [3.8, 4) is 0 Å². The van der Waals surface area contributed by atoms with Crippen molar-refractivity contribution in [2.75, 3.05) is 0 Å². The summed E-state index contributed by atoms with van der Waals surface area (Å²) >= 11 is 1.26. The van der Waals surface area contributed by atoms with E-state index in [9.17, 15) is 14.7 Å². The molecule has 16 heavy (non-hydrogen) atoms. The second kappa shape index (κ2) is 4.21. The molecule has 1 amide bonds. The summed E-state index contributed by atoms with van der Waals surface area (Å²) in [6, 6.07) is -0.854. The molecule has 86 valence electrons. The number of carboxylic acids is 1. The topological polar surface area (TPSA) is 70.5 Å². The van der Waals surface area contributed by atoms with E-state index < -0.39 is 12.0 Å². The highest BCUT2D eigenvalue weighted by Gasteiger charge is 2.41. The van der Waals surface area contributed by atoms with Crippen molar-refractivity contribution >= 4 is 23.2 Å². The summed E-state index contributed by atoms with van der Waals surface area (Å²) in [5.74, 6) is -1.22. The third kappa shape index (κ3) is 2.06. The van der Waals surface area contributed by atoms with Gasteiger partial charge in [0.05, 0.1) is 0 Å². The van der Waals surface area contributed by atoms with E-state index in [0.29, 0.717) is 5.01 Å². The first kappa shape index (κ1) is 11.1. The molecule has 0 aromatic carbocycles. The van der Waals surface area contributed by atoms with Crippen molar-refractivity contribution in [3.63, 3.8) is 0 Å². The van der Waals surface area contributed by atoms with Crippen LogP contribution in [0.1, 0.15) is 30.8 Å². The van der Waals surface area contributed by atoms with Gasteiger partial charge in [-0.15, -0.1) is 11.3 Å². The zero-order valence-corrected chi connectivity index (χ0v) is 9.61. The summed E-state index contributed by atoms with van der Waals surface area (Å²) in [6.07, 6.45) is 3.32. The minimum atomic E-state index is -1.02. The number of carbonyl (C=O) groups excluding carboxylic acids is 1. The van der Waals surface area contributed by atoms with Crippen molar-refractivity contribution in [2.24, 2.45) is 0 Å². The molecule has 1 N–H and O–H groups in total. The third-order valence-electron chi connectivity index (χ3n) is 2.50. The number of rotatable bonds is 4. The first-order valence-corrected chi connectivity index (χ1v) is 5.90. The number of carbonyl (C=O) groups is 2. The van der Waals surface area contributed by atoms with Crippen molar-refractivity contribution in [1.82, 2.24) is 9.88 Å². The number of hydrogen-bond acceptors (Lipinski definition) is 4. The quantitative estimate of drug-likeness (QED) is 0.860. The summed E-state index contributed by atoms with van der Waals surface area (Å²) in [6.45, 7) is 1.40. The third-order valence-corrected chi connectivity index (χ3v) is 3.33. The lowest BCUT2D eigenvalue weighted by molar-refractivity contribution is -0.150. The Balaban J connectivity index is 2.30. The Morgan fingerprint density at radius 1 is 1.62 bits per heavy atom. The van der Waals surface area contributed by atoms with Gasteiger partial charge in [-0.05, 0) is 12.8 Å². The minimum absolute atomic E-state index is 0.0718. The molecule has 5 nitrogen and oxygen atoms in total. The van der Waals surface area contributed by atoms with E-state index in [1.807, 2.05) is 0 Å². The van der Waals surface area contributed by atoms with Gasteiger partial charge in [0, 0.05) is 24.5 Å². The molecule has 1 aromatic rings. The molecule has 0 aliphatic heterocycles. The predicted octanol–water partition coefficient (Wildman–Crippen LogP) is 1.28. The lowest BCUT2D eigenvalue weighted by atomic mass is 10.2. The fraction of sp³-hybridized carbons (Fsp3) is 0.500. The van der Waals surface area contributed by atoms with Crippen molar-refractivity contribution in [2.45, 2.75) is 31.8 Å². The molecule has 1 heterocycles. The fourth-order valence-electron chi connectivity index (χ4n) is 1.72. The average Bonchev–Trinajstić information content (AvgIpc) is 2.89. The van der Waals surface area contributed by atoms with Gasteiger partial charge in [0.25, 0.3) is 0 Å². The van der Waals surface area contributed by atoms with Crippen LogP contribution in [0.2, 0.25) is 0 Å². The Hall–Kier alpha value is -1.43. The zero-order valence-electron chi connectivity index (χ0n) is 8.79. The summed E-state index contributed by atoms with van der Waals surface area (Å²) < 4.78 is 0. The maximum absolute atomic E-state index is 11.5. The minimum Gasteiger partial charge on any atom is -0.479 e. The Kier molecular flexibility index (Phi) is 2.91. The first-order valence-electron chi connectivity index (χ1n) is 5.02. The van der Waals surface area contributed by atoms with Crippen LogP contribution >= 0.6 is 11.3 Å². The van der Waals surface area contributed by atoms with E-state index in [0.717, 1.165) is 12.8 Å². The van der Waals surface area contributed by atoms with Crippen molar-refractivity contribution < 1.29 is 14.7 Å². The van der Waals surface area contributed by atoms with Gasteiger partial charge in [-0.2, -0.15) is 0 Å². The van der Waals surface area contributed by atoms with Crippen LogP contribution in [0.4, 0.5) is 0 Å². The Bertz CT molecular complexity index is 400. The van der Waals surface area contributed by atoms with Gasteiger partial charge in [0.2, 0.25) is 5.91 Å². The summed E-state index contributed by atoms with van der Waals surface area (Å²) in [5.41, 5.74) is 0. The van der Waals surface area contributed by atoms with E-state index in [1.54, 1.807) is 11.6 Å². The monoisotopic (exact) mass is 240 g/mol. The smallest absolute Gasteiger partial charge is 0.333 e. The molecule has 1 aliphatic carbocycles. The van der Waals surface area contributed by atoms with Gasteiger partial charge in [-0.3, -0.25) is 4.79 Å². The lowest BCUT2D eigenvalue weighted by Gasteiger charge is -2.26. The molecule has 1 saturated carbocycles. The molecule has 1 aromatic heterocycles. The number of hydrogen-bond donors (Lipinski definition) is 1. The van der Waals surface area contributed by atoms with Gasteiger partial charge in [-0.1, -0.05) is 0 Å². The maximum Gasteiger partial charge on any atom is 0.333 e. The average molecular weight is 240 g/mol. The largest absolute Gasteiger partial charge is 0.479 e. The summed E-state index contributed by atoms with van der Waals surface area (Å²) in [4.78, 5) is 28.2. The van der Waals surface area contributed by atoms with Gasteiger partial charge < -0.3 is 10.0 Å². The predicted molar refractivity (Wildman–Crippen MR) is 58.0 cm³/mol. The van der Waals surface area contributed by atoms with Crippen LogP contribution in [0.25, 0.3) is 0 Å². The second-order valence-corrected chi connectivity index (χ2v) is 4.69. The van der Waals surface area contributed by atoms with Crippen LogP contribution in [0.5, 0.6) is 0 Å². The van der Waals surface area contributed by atoms with Gasteiger partial charge in [0.1, 0.15) is 5.01 Å². The standard InChI is InChI=1S/C10H12N2O3S/c1-6(13)12(7-2-3-7)8(10(14)15)9-11-4-5-16-9/h4-5,7-8H,2-3H2,1H3,(H,14,15). The molecule has 2 rings (SSSR count). The Labute approximate surface area is 96.7 Å². The van der Waals surface area contributed by atoms with Crippen molar-refractivity contribution in [1.29, 1.82) is 0 Å². The molecule has 0 spiro atoms. The van der Waals surface area contributed by atoms with Crippen LogP contribution in [0, 0.1) is 0 Å². The number of aliphatic carboxylic acids is 1. The molecular formula is C10H12N2O3S. The number of amides is 1. The fourth-order valence-corrected chi connectivity index (χ4v) is 2.44. The van der Waals surface area contributed by atoms with E-state index in [1.165, 1.54) is 23.2 Å². The molecule has 6 heteroatoms. The molecule has 0 saturated heterocycles. The first-order chi connectivity index (χ1) is 7.61. The molecule has 1 atom stereocenters. The molecule has 1 unspecified atom stereocenters. The highest BCUT2D eigenvalue weighted by Crippen LogP contribution is 2.35. The van der Waals surface area contributed by atoms with E-state index in [2.05, 4.69) is 4.98 Å².